The molecule has 19 heavy (non-hydrogen) atoms. The third kappa shape index (κ3) is 5.31. The Labute approximate surface area is 114 Å². The summed E-state index contributed by atoms with van der Waals surface area (Å²) in [7, 11) is 1.60. The molecule has 0 amide bonds. The van der Waals surface area contributed by atoms with Crippen molar-refractivity contribution in [2.45, 2.75) is 19.8 Å². The van der Waals surface area contributed by atoms with Crippen LogP contribution in [0.1, 0.15) is 24.0 Å². The SMILES string of the molecule is C#CCCCOC(=O)C=Cc1cc(C)ccc1OC. The third-order valence-electron chi connectivity index (χ3n) is 2.49. The standard InChI is InChI=1S/C16H18O3/c1-4-5-6-11-19-16(17)10-8-14-12-13(2)7-9-15(14)18-3/h1,7-10,12H,5-6,11H2,2-3H3. The van der Waals surface area contributed by atoms with Crippen LogP contribution in [0, 0.1) is 19.3 Å². The quantitative estimate of drug-likeness (QED) is 0.340. The minimum atomic E-state index is -0.374. The molecular formula is C16H18O3. The molecule has 100 valence electrons. The number of methoxy groups -OCH3 is 1. The van der Waals surface area contributed by atoms with Crippen molar-refractivity contribution in [2.24, 2.45) is 0 Å². The van der Waals surface area contributed by atoms with Gasteiger partial charge in [-0.1, -0.05) is 11.6 Å². The number of benzene rings is 1. The number of rotatable bonds is 6. The number of hydrogen-bond donors (Lipinski definition) is 0. The lowest BCUT2D eigenvalue weighted by Crippen LogP contribution is -2.01. The van der Waals surface area contributed by atoms with Crippen molar-refractivity contribution in [1.29, 1.82) is 0 Å². The molecule has 0 heterocycles. The van der Waals surface area contributed by atoms with Crippen molar-refractivity contribution in [1.82, 2.24) is 0 Å². The predicted octanol–water partition coefficient (Wildman–Crippen LogP) is 2.97. The first kappa shape index (κ1) is 14.8. The van der Waals surface area contributed by atoms with Gasteiger partial charge in [0.1, 0.15) is 5.75 Å². The lowest BCUT2D eigenvalue weighted by molar-refractivity contribution is -0.137. The van der Waals surface area contributed by atoms with Crippen LogP contribution in [-0.4, -0.2) is 19.7 Å². The van der Waals surface area contributed by atoms with Gasteiger partial charge in [-0.2, -0.15) is 0 Å². The normalized spacial score (nSPS) is 10.2. The molecule has 1 rings (SSSR count). The van der Waals surface area contributed by atoms with E-state index in [0.717, 1.165) is 16.9 Å². The molecule has 0 bridgehead atoms. The average molecular weight is 258 g/mol. The average Bonchev–Trinajstić information content (AvgIpc) is 2.41. The number of unbranched alkanes of at least 4 members (excludes halogenated alkanes) is 1. The van der Waals surface area contributed by atoms with Crippen LogP contribution in [0.2, 0.25) is 0 Å². The molecule has 0 saturated heterocycles. The molecule has 0 saturated carbocycles. The van der Waals surface area contributed by atoms with Crippen molar-refractivity contribution in [2.75, 3.05) is 13.7 Å². The molecule has 1 aromatic rings. The van der Waals surface area contributed by atoms with E-state index >= 15 is 0 Å². The van der Waals surface area contributed by atoms with Crippen molar-refractivity contribution < 1.29 is 14.3 Å². The van der Waals surface area contributed by atoms with E-state index in [9.17, 15) is 4.79 Å². The molecule has 0 radical (unpaired) electrons. The lowest BCUT2D eigenvalue weighted by Gasteiger charge is -2.05. The number of carbonyl (C=O) groups excluding carboxylic acids is 1. The van der Waals surface area contributed by atoms with E-state index in [2.05, 4.69) is 5.92 Å². The van der Waals surface area contributed by atoms with E-state index in [4.69, 9.17) is 15.9 Å². The first-order valence-electron chi connectivity index (χ1n) is 6.10. The summed E-state index contributed by atoms with van der Waals surface area (Å²) in [6.07, 6.45) is 9.49. The van der Waals surface area contributed by atoms with Crippen LogP contribution in [0.25, 0.3) is 6.08 Å². The number of esters is 1. The van der Waals surface area contributed by atoms with E-state index in [-0.39, 0.29) is 5.97 Å². The minimum Gasteiger partial charge on any atom is -0.496 e. The Bertz CT molecular complexity index is 495. The van der Waals surface area contributed by atoms with Crippen LogP contribution in [0.15, 0.2) is 24.3 Å². The molecule has 0 aliphatic heterocycles. The Hall–Kier alpha value is -2.21. The topological polar surface area (TPSA) is 35.5 Å². The van der Waals surface area contributed by atoms with Gasteiger partial charge < -0.3 is 9.47 Å². The zero-order valence-corrected chi connectivity index (χ0v) is 11.3. The number of carbonyl (C=O) groups is 1. The van der Waals surface area contributed by atoms with Crippen molar-refractivity contribution in [3.63, 3.8) is 0 Å². The first-order valence-corrected chi connectivity index (χ1v) is 6.10. The Balaban J connectivity index is 2.58. The van der Waals surface area contributed by atoms with Crippen LogP contribution in [0.5, 0.6) is 5.75 Å². The van der Waals surface area contributed by atoms with Crippen molar-refractivity contribution in [3.8, 4) is 18.1 Å². The van der Waals surface area contributed by atoms with E-state index in [1.165, 1.54) is 6.08 Å². The zero-order valence-electron chi connectivity index (χ0n) is 11.3. The molecule has 3 nitrogen and oxygen atoms in total. The molecule has 0 aliphatic carbocycles. The predicted molar refractivity (Wildman–Crippen MR) is 75.8 cm³/mol. The maximum Gasteiger partial charge on any atom is 0.330 e. The smallest absolute Gasteiger partial charge is 0.330 e. The molecule has 0 N–H and O–H groups in total. The van der Waals surface area contributed by atoms with Gasteiger partial charge in [0.15, 0.2) is 0 Å². The van der Waals surface area contributed by atoms with Crippen LogP contribution >= 0.6 is 0 Å². The number of hydrogen-bond acceptors (Lipinski definition) is 3. The van der Waals surface area contributed by atoms with Gasteiger partial charge in [-0.25, -0.2) is 4.79 Å². The van der Waals surface area contributed by atoms with Crippen LogP contribution < -0.4 is 4.74 Å². The van der Waals surface area contributed by atoms with E-state index in [1.807, 2.05) is 25.1 Å². The lowest BCUT2D eigenvalue weighted by atomic mass is 10.1. The highest BCUT2D eigenvalue weighted by atomic mass is 16.5. The molecule has 0 spiro atoms. The molecule has 0 fully saturated rings. The molecule has 1 aromatic carbocycles. The van der Waals surface area contributed by atoms with Gasteiger partial charge in [-0.15, -0.1) is 12.3 Å². The molecular weight excluding hydrogens is 240 g/mol. The summed E-state index contributed by atoms with van der Waals surface area (Å²) in [5.74, 6) is 2.84. The number of ether oxygens (including phenoxy) is 2. The fourth-order valence-corrected chi connectivity index (χ4v) is 1.54. The summed E-state index contributed by atoms with van der Waals surface area (Å²) in [6.45, 7) is 2.33. The highest BCUT2D eigenvalue weighted by molar-refractivity contribution is 5.87. The second kappa shape index (κ2) is 7.99. The summed E-state index contributed by atoms with van der Waals surface area (Å²) < 4.78 is 10.2. The Morgan fingerprint density at radius 2 is 2.26 bits per heavy atom. The highest BCUT2D eigenvalue weighted by Crippen LogP contribution is 2.20. The number of aryl methyl sites for hydroxylation is 1. The fraction of sp³-hybridized carbons (Fsp3) is 0.312. The third-order valence-corrected chi connectivity index (χ3v) is 2.49. The highest BCUT2D eigenvalue weighted by Gasteiger charge is 2.01. The zero-order chi connectivity index (χ0) is 14.1. The summed E-state index contributed by atoms with van der Waals surface area (Å²) in [4.78, 5) is 11.5. The summed E-state index contributed by atoms with van der Waals surface area (Å²) >= 11 is 0. The molecule has 0 aliphatic rings. The maximum atomic E-state index is 11.5. The minimum absolute atomic E-state index is 0.346. The monoisotopic (exact) mass is 258 g/mol. The van der Waals surface area contributed by atoms with Gasteiger partial charge >= 0.3 is 5.97 Å². The number of terminal acetylenes is 1. The van der Waals surface area contributed by atoms with Crippen LogP contribution in [0.4, 0.5) is 0 Å². The Morgan fingerprint density at radius 3 is 2.95 bits per heavy atom. The Kier molecular flexibility index (Phi) is 6.25. The largest absolute Gasteiger partial charge is 0.496 e. The van der Waals surface area contributed by atoms with Gasteiger partial charge in [0, 0.05) is 18.1 Å². The summed E-state index contributed by atoms with van der Waals surface area (Å²) in [6, 6.07) is 5.77. The van der Waals surface area contributed by atoms with Gasteiger partial charge in [0.05, 0.1) is 13.7 Å². The maximum absolute atomic E-state index is 11.5. The van der Waals surface area contributed by atoms with Crippen LogP contribution in [0.3, 0.4) is 0 Å². The molecule has 0 unspecified atom stereocenters. The van der Waals surface area contributed by atoms with E-state index in [0.29, 0.717) is 19.4 Å². The molecule has 0 atom stereocenters. The van der Waals surface area contributed by atoms with E-state index in [1.54, 1.807) is 13.2 Å². The molecule has 3 heteroatoms. The van der Waals surface area contributed by atoms with Gasteiger partial charge in [0.2, 0.25) is 0 Å². The van der Waals surface area contributed by atoms with E-state index < -0.39 is 0 Å². The van der Waals surface area contributed by atoms with Crippen LogP contribution in [-0.2, 0) is 9.53 Å². The second-order valence-electron chi connectivity index (χ2n) is 4.05. The molecule has 0 aromatic heterocycles. The summed E-state index contributed by atoms with van der Waals surface area (Å²) in [5.41, 5.74) is 1.95. The van der Waals surface area contributed by atoms with Gasteiger partial charge in [-0.3, -0.25) is 0 Å². The fourth-order valence-electron chi connectivity index (χ4n) is 1.54. The Morgan fingerprint density at radius 1 is 1.47 bits per heavy atom. The summed E-state index contributed by atoms with van der Waals surface area (Å²) in [5, 5.41) is 0. The second-order valence-corrected chi connectivity index (χ2v) is 4.05. The van der Waals surface area contributed by atoms with Gasteiger partial charge in [-0.05, 0) is 31.6 Å². The first-order chi connectivity index (χ1) is 9.17. The van der Waals surface area contributed by atoms with Crippen molar-refractivity contribution in [3.05, 3.63) is 35.4 Å². The van der Waals surface area contributed by atoms with Crippen molar-refractivity contribution >= 4 is 12.0 Å². The van der Waals surface area contributed by atoms with Gasteiger partial charge in [0.25, 0.3) is 0 Å².